The smallest absolute Gasteiger partial charge is 0.0577 e. The Morgan fingerprint density at radius 2 is 1.78 bits per heavy atom. The number of hydrogen-bond donors (Lipinski definition) is 1. The summed E-state index contributed by atoms with van der Waals surface area (Å²) >= 11 is 0. The SMILES string of the molecule is CC(C)CCC[C@@H](C)[C@H]1CC[C@H]2[C@@H]3C=C4C[C@@H](O)CC[C@]4(C)[C@H]3CC[C@]12C. The van der Waals surface area contributed by atoms with Gasteiger partial charge in [-0.15, -0.1) is 0 Å². The van der Waals surface area contributed by atoms with E-state index in [-0.39, 0.29) is 6.10 Å². The largest absolute Gasteiger partial charge is 0.393 e. The molecule has 0 amide bonds. The molecule has 8 atom stereocenters. The Morgan fingerprint density at radius 1 is 1.00 bits per heavy atom. The minimum atomic E-state index is -0.0758. The van der Waals surface area contributed by atoms with Gasteiger partial charge < -0.3 is 5.11 Å². The summed E-state index contributed by atoms with van der Waals surface area (Å²) in [6.07, 6.45) is 15.9. The van der Waals surface area contributed by atoms with Crippen molar-refractivity contribution < 1.29 is 5.11 Å². The Labute approximate surface area is 168 Å². The Bertz CT molecular complexity index is 577. The molecule has 3 saturated carbocycles. The molecule has 0 aromatic carbocycles. The zero-order valence-corrected chi connectivity index (χ0v) is 18.6. The van der Waals surface area contributed by atoms with E-state index in [4.69, 9.17) is 0 Å². The van der Waals surface area contributed by atoms with E-state index < -0.39 is 0 Å². The molecular formula is C26H44O. The maximum Gasteiger partial charge on any atom is 0.0577 e. The number of hydrogen-bond acceptors (Lipinski definition) is 1. The van der Waals surface area contributed by atoms with Crippen molar-refractivity contribution in [2.45, 2.75) is 105 Å². The summed E-state index contributed by atoms with van der Waals surface area (Å²) in [6.45, 7) is 12.5. The van der Waals surface area contributed by atoms with Gasteiger partial charge in [-0.05, 0) is 91.3 Å². The molecule has 1 nitrogen and oxygen atoms in total. The first-order valence-electron chi connectivity index (χ1n) is 12.1. The van der Waals surface area contributed by atoms with Crippen LogP contribution in [0.5, 0.6) is 0 Å². The topological polar surface area (TPSA) is 20.2 Å². The fourth-order valence-electron chi connectivity index (χ4n) is 8.33. The van der Waals surface area contributed by atoms with Gasteiger partial charge in [0, 0.05) is 0 Å². The summed E-state index contributed by atoms with van der Waals surface area (Å²) in [4.78, 5) is 0. The highest BCUT2D eigenvalue weighted by molar-refractivity contribution is 5.30. The minimum Gasteiger partial charge on any atom is -0.393 e. The van der Waals surface area contributed by atoms with Crippen molar-refractivity contribution in [1.82, 2.24) is 0 Å². The lowest BCUT2D eigenvalue weighted by Crippen LogP contribution is -2.45. The standard InChI is InChI=1S/C26H44O/c1-17(2)7-6-8-18(3)22-9-10-23-21-16-19-15-20(27)11-13-25(19,4)24(21)12-14-26(22,23)5/h16-18,20-24,27H,6-15H2,1-5H3/t18-,20+,21+,22-,23+,24+,25+,26-/m1/s1. The van der Waals surface area contributed by atoms with Crippen molar-refractivity contribution in [2.24, 2.45) is 46.3 Å². The van der Waals surface area contributed by atoms with E-state index >= 15 is 0 Å². The van der Waals surface area contributed by atoms with Crippen LogP contribution in [0, 0.1) is 46.3 Å². The lowest BCUT2D eigenvalue weighted by atomic mass is 9.53. The fraction of sp³-hybridized carbons (Fsp3) is 0.923. The van der Waals surface area contributed by atoms with Gasteiger partial charge in [-0.2, -0.15) is 0 Å². The molecule has 0 bridgehead atoms. The molecular weight excluding hydrogens is 328 g/mol. The molecule has 4 rings (SSSR count). The minimum absolute atomic E-state index is 0.0758. The maximum absolute atomic E-state index is 10.2. The van der Waals surface area contributed by atoms with Crippen LogP contribution in [-0.4, -0.2) is 11.2 Å². The van der Waals surface area contributed by atoms with Crippen LogP contribution < -0.4 is 0 Å². The molecule has 4 aliphatic carbocycles. The highest BCUT2D eigenvalue weighted by Crippen LogP contribution is 2.68. The molecule has 27 heavy (non-hydrogen) atoms. The zero-order chi connectivity index (χ0) is 19.4. The number of aliphatic hydroxyl groups excluding tert-OH is 1. The Kier molecular flexibility index (Phi) is 5.32. The molecule has 0 saturated heterocycles. The van der Waals surface area contributed by atoms with Gasteiger partial charge in [0.05, 0.1) is 6.10 Å². The molecule has 0 radical (unpaired) electrons. The van der Waals surface area contributed by atoms with Crippen LogP contribution in [0.4, 0.5) is 0 Å². The first kappa shape index (κ1) is 20.0. The molecule has 3 fully saturated rings. The van der Waals surface area contributed by atoms with Gasteiger partial charge in [-0.25, -0.2) is 0 Å². The van der Waals surface area contributed by atoms with Gasteiger partial charge in [0.1, 0.15) is 0 Å². The van der Waals surface area contributed by atoms with Crippen LogP contribution in [0.1, 0.15) is 98.8 Å². The normalized spacial score (nSPS) is 47.4. The highest BCUT2D eigenvalue weighted by Gasteiger charge is 2.60. The molecule has 0 heterocycles. The number of aliphatic hydroxyl groups is 1. The molecule has 0 spiro atoms. The van der Waals surface area contributed by atoms with E-state index in [2.05, 4.69) is 40.7 Å². The van der Waals surface area contributed by atoms with E-state index in [1.54, 1.807) is 5.57 Å². The van der Waals surface area contributed by atoms with Crippen LogP contribution in [0.3, 0.4) is 0 Å². The summed E-state index contributed by atoms with van der Waals surface area (Å²) in [5.41, 5.74) is 2.61. The first-order chi connectivity index (χ1) is 12.8. The molecule has 0 unspecified atom stereocenters. The van der Waals surface area contributed by atoms with Crippen LogP contribution in [0.25, 0.3) is 0 Å². The van der Waals surface area contributed by atoms with E-state index in [0.717, 1.165) is 48.3 Å². The van der Waals surface area contributed by atoms with Crippen molar-refractivity contribution in [3.05, 3.63) is 11.6 Å². The summed E-state index contributed by atoms with van der Waals surface area (Å²) < 4.78 is 0. The van der Waals surface area contributed by atoms with Gasteiger partial charge >= 0.3 is 0 Å². The van der Waals surface area contributed by atoms with Gasteiger partial charge in [0.15, 0.2) is 0 Å². The fourth-order valence-corrected chi connectivity index (χ4v) is 8.33. The predicted octanol–water partition coefficient (Wildman–Crippen LogP) is 7.00. The molecule has 1 heteroatoms. The van der Waals surface area contributed by atoms with Crippen LogP contribution in [-0.2, 0) is 0 Å². The van der Waals surface area contributed by atoms with Crippen molar-refractivity contribution in [3.63, 3.8) is 0 Å². The average Bonchev–Trinajstić information content (AvgIpc) is 3.09. The van der Waals surface area contributed by atoms with Crippen LogP contribution in [0.2, 0.25) is 0 Å². The highest BCUT2D eigenvalue weighted by atomic mass is 16.3. The summed E-state index contributed by atoms with van der Waals surface area (Å²) in [7, 11) is 0. The lowest BCUT2D eigenvalue weighted by molar-refractivity contribution is -0.0191. The molecule has 0 aliphatic heterocycles. The van der Waals surface area contributed by atoms with Crippen molar-refractivity contribution in [3.8, 4) is 0 Å². The van der Waals surface area contributed by atoms with Gasteiger partial charge in [-0.3, -0.25) is 0 Å². The molecule has 1 N–H and O–H groups in total. The van der Waals surface area contributed by atoms with E-state index in [1.807, 2.05) is 0 Å². The van der Waals surface area contributed by atoms with Gasteiger partial charge in [0.2, 0.25) is 0 Å². The van der Waals surface area contributed by atoms with Crippen LogP contribution >= 0.6 is 0 Å². The van der Waals surface area contributed by atoms with Crippen molar-refractivity contribution in [1.29, 1.82) is 0 Å². The van der Waals surface area contributed by atoms with E-state index in [9.17, 15) is 5.11 Å². The quantitative estimate of drug-likeness (QED) is 0.515. The third-order valence-corrected chi connectivity index (χ3v) is 9.93. The van der Waals surface area contributed by atoms with Crippen LogP contribution in [0.15, 0.2) is 11.6 Å². The summed E-state index contributed by atoms with van der Waals surface area (Å²) in [5, 5.41) is 10.2. The van der Waals surface area contributed by atoms with Gasteiger partial charge in [-0.1, -0.05) is 65.5 Å². The average molecular weight is 373 g/mol. The monoisotopic (exact) mass is 372 g/mol. The first-order valence-corrected chi connectivity index (χ1v) is 12.1. The number of allylic oxidation sites excluding steroid dienone is 1. The third kappa shape index (κ3) is 3.24. The second kappa shape index (κ2) is 7.19. The van der Waals surface area contributed by atoms with E-state index in [1.165, 1.54) is 51.4 Å². The second-order valence-electron chi connectivity index (χ2n) is 11.8. The molecule has 0 aromatic rings. The third-order valence-electron chi connectivity index (χ3n) is 9.93. The maximum atomic E-state index is 10.2. The predicted molar refractivity (Wildman–Crippen MR) is 114 cm³/mol. The summed E-state index contributed by atoms with van der Waals surface area (Å²) in [6, 6.07) is 0. The lowest BCUT2D eigenvalue weighted by Gasteiger charge is -2.52. The Hall–Kier alpha value is -0.300. The Morgan fingerprint density at radius 3 is 2.52 bits per heavy atom. The number of fused-ring (bicyclic) bond motifs is 5. The number of rotatable bonds is 5. The summed E-state index contributed by atoms with van der Waals surface area (Å²) in [5.74, 6) is 5.26. The van der Waals surface area contributed by atoms with Crippen molar-refractivity contribution >= 4 is 0 Å². The molecule has 0 aromatic heterocycles. The molecule has 154 valence electrons. The van der Waals surface area contributed by atoms with Crippen molar-refractivity contribution in [2.75, 3.05) is 0 Å². The Balaban J connectivity index is 1.49. The van der Waals surface area contributed by atoms with Gasteiger partial charge in [0.25, 0.3) is 0 Å². The second-order valence-corrected chi connectivity index (χ2v) is 11.8. The zero-order valence-electron chi connectivity index (χ0n) is 18.6. The van der Waals surface area contributed by atoms with E-state index in [0.29, 0.717) is 10.8 Å². The molecule has 4 aliphatic rings.